The van der Waals surface area contributed by atoms with Crippen LogP contribution in [0.3, 0.4) is 0 Å². The molecule has 21 heavy (non-hydrogen) atoms. The molecule has 2 aromatic rings. The Morgan fingerprint density at radius 1 is 1.05 bits per heavy atom. The van der Waals surface area contributed by atoms with E-state index in [4.69, 9.17) is 5.73 Å². The van der Waals surface area contributed by atoms with Crippen LogP contribution in [0.5, 0.6) is 5.75 Å². The van der Waals surface area contributed by atoms with E-state index in [1.807, 2.05) is 0 Å². The molecule has 6 heteroatoms. The molecule has 1 unspecified atom stereocenters. The first-order chi connectivity index (χ1) is 9.76. The minimum atomic E-state index is -4.75. The van der Waals surface area contributed by atoms with Crippen LogP contribution >= 0.6 is 0 Å². The number of alkyl halides is 3. The van der Waals surface area contributed by atoms with Gasteiger partial charge in [-0.3, -0.25) is 0 Å². The predicted molar refractivity (Wildman–Crippen MR) is 71.1 cm³/mol. The van der Waals surface area contributed by atoms with Crippen molar-refractivity contribution in [2.75, 3.05) is 0 Å². The summed E-state index contributed by atoms with van der Waals surface area (Å²) in [6, 6.07) is 9.19. The van der Waals surface area contributed by atoms with Crippen LogP contribution in [0.1, 0.15) is 18.5 Å². The average Bonchev–Trinajstić information content (AvgIpc) is 2.38. The van der Waals surface area contributed by atoms with E-state index in [-0.39, 0.29) is 17.4 Å². The average molecular weight is 299 g/mol. The molecule has 0 aliphatic rings. The summed E-state index contributed by atoms with van der Waals surface area (Å²) in [5.74, 6) is -0.820. The van der Waals surface area contributed by atoms with Gasteiger partial charge in [0.2, 0.25) is 0 Å². The van der Waals surface area contributed by atoms with Crippen molar-refractivity contribution in [1.82, 2.24) is 0 Å². The molecule has 0 saturated heterocycles. The van der Waals surface area contributed by atoms with Crippen LogP contribution in [0.15, 0.2) is 42.5 Å². The molecule has 0 aromatic heterocycles. The lowest BCUT2D eigenvalue weighted by molar-refractivity contribution is -0.274. The van der Waals surface area contributed by atoms with E-state index in [1.54, 1.807) is 19.1 Å². The molecule has 0 aliphatic heterocycles. The van der Waals surface area contributed by atoms with Gasteiger partial charge in [-0.25, -0.2) is 4.39 Å². The highest BCUT2D eigenvalue weighted by atomic mass is 19.4. The summed E-state index contributed by atoms with van der Waals surface area (Å²) in [7, 11) is 0. The van der Waals surface area contributed by atoms with Crippen molar-refractivity contribution < 1.29 is 22.3 Å². The molecule has 2 rings (SSSR count). The molecule has 0 spiro atoms. The van der Waals surface area contributed by atoms with E-state index in [0.29, 0.717) is 5.56 Å². The van der Waals surface area contributed by atoms with Crippen molar-refractivity contribution >= 4 is 0 Å². The van der Waals surface area contributed by atoms with Crippen LogP contribution in [0.2, 0.25) is 0 Å². The van der Waals surface area contributed by atoms with Gasteiger partial charge >= 0.3 is 6.36 Å². The molecule has 0 saturated carbocycles. The van der Waals surface area contributed by atoms with Gasteiger partial charge in [0.1, 0.15) is 11.6 Å². The quantitative estimate of drug-likeness (QED) is 0.852. The Bertz CT molecular complexity index is 621. The number of hydrogen-bond acceptors (Lipinski definition) is 2. The summed E-state index contributed by atoms with van der Waals surface area (Å²) in [6.45, 7) is 1.76. The fourth-order valence-corrected chi connectivity index (χ4v) is 1.88. The highest BCUT2D eigenvalue weighted by Crippen LogP contribution is 2.29. The third kappa shape index (κ3) is 3.95. The third-order valence-corrected chi connectivity index (χ3v) is 2.92. The summed E-state index contributed by atoms with van der Waals surface area (Å²) in [4.78, 5) is 0. The molecule has 0 bridgehead atoms. The van der Waals surface area contributed by atoms with Gasteiger partial charge in [-0.05, 0) is 42.3 Å². The second-order valence-corrected chi connectivity index (χ2v) is 4.60. The van der Waals surface area contributed by atoms with Crippen LogP contribution in [0, 0.1) is 5.82 Å². The number of benzene rings is 2. The minimum absolute atomic E-state index is 0.266. The molecule has 0 aliphatic carbocycles. The van der Waals surface area contributed by atoms with Gasteiger partial charge in [-0.15, -0.1) is 13.2 Å². The van der Waals surface area contributed by atoms with Crippen molar-refractivity contribution in [3.8, 4) is 16.9 Å². The Morgan fingerprint density at radius 2 is 1.67 bits per heavy atom. The van der Waals surface area contributed by atoms with Crippen LogP contribution in [0.4, 0.5) is 17.6 Å². The molecular formula is C15H13F4NO. The molecule has 2 nitrogen and oxygen atoms in total. The smallest absolute Gasteiger partial charge is 0.406 e. The van der Waals surface area contributed by atoms with Gasteiger partial charge in [-0.2, -0.15) is 0 Å². The largest absolute Gasteiger partial charge is 0.573 e. The zero-order valence-electron chi connectivity index (χ0n) is 11.1. The first kappa shape index (κ1) is 15.3. The van der Waals surface area contributed by atoms with Crippen molar-refractivity contribution in [3.63, 3.8) is 0 Å². The van der Waals surface area contributed by atoms with Crippen molar-refractivity contribution in [1.29, 1.82) is 0 Å². The van der Waals surface area contributed by atoms with Crippen LogP contribution < -0.4 is 10.5 Å². The van der Waals surface area contributed by atoms with Gasteiger partial charge in [-0.1, -0.05) is 18.2 Å². The number of rotatable bonds is 3. The highest BCUT2D eigenvalue weighted by Gasteiger charge is 2.30. The Labute approximate surface area is 119 Å². The van der Waals surface area contributed by atoms with Crippen molar-refractivity contribution in [2.24, 2.45) is 5.73 Å². The molecular weight excluding hydrogens is 286 g/mol. The topological polar surface area (TPSA) is 35.2 Å². The normalized spacial score (nSPS) is 13.0. The highest BCUT2D eigenvalue weighted by molar-refractivity contribution is 5.65. The van der Waals surface area contributed by atoms with Crippen LogP contribution in [-0.4, -0.2) is 6.36 Å². The second kappa shape index (κ2) is 5.73. The van der Waals surface area contributed by atoms with E-state index in [2.05, 4.69) is 4.74 Å². The molecule has 0 fully saturated rings. The molecule has 2 aromatic carbocycles. The van der Waals surface area contributed by atoms with E-state index >= 15 is 0 Å². The number of hydrogen-bond donors (Lipinski definition) is 1. The Hall–Kier alpha value is -2.08. The lowest BCUT2D eigenvalue weighted by Gasteiger charge is -2.11. The van der Waals surface area contributed by atoms with Gasteiger partial charge in [0.05, 0.1) is 0 Å². The van der Waals surface area contributed by atoms with Crippen LogP contribution in [0.25, 0.3) is 11.1 Å². The monoisotopic (exact) mass is 299 g/mol. The standard InChI is InChI=1S/C15H13F4NO/c1-9(20)11-4-7-14(16)13(8-11)10-2-5-12(6-3-10)21-15(17,18)19/h2-9H,20H2,1H3. The molecule has 0 heterocycles. The molecule has 0 amide bonds. The lowest BCUT2D eigenvalue weighted by atomic mass is 10.00. The summed E-state index contributed by atoms with van der Waals surface area (Å²) in [5, 5.41) is 0. The maximum absolute atomic E-state index is 13.8. The molecule has 112 valence electrons. The number of nitrogens with two attached hydrogens (primary N) is 1. The third-order valence-electron chi connectivity index (χ3n) is 2.92. The summed E-state index contributed by atoms with van der Waals surface area (Å²) in [5.41, 5.74) is 7.20. The van der Waals surface area contributed by atoms with E-state index in [1.165, 1.54) is 18.2 Å². The first-order valence-corrected chi connectivity index (χ1v) is 6.17. The maximum Gasteiger partial charge on any atom is 0.573 e. The Morgan fingerprint density at radius 3 is 2.19 bits per heavy atom. The summed E-state index contributed by atoms with van der Waals surface area (Å²) >= 11 is 0. The molecule has 2 N–H and O–H groups in total. The second-order valence-electron chi connectivity index (χ2n) is 4.60. The zero-order chi connectivity index (χ0) is 15.6. The first-order valence-electron chi connectivity index (χ1n) is 6.17. The Balaban J connectivity index is 2.32. The summed E-state index contributed by atoms with van der Waals surface area (Å²) < 4.78 is 53.8. The summed E-state index contributed by atoms with van der Waals surface area (Å²) in [6.07, 6.45) is -4.75. The Kier molecular flexibility index (Phi) is 4.18. The zero-order valence-corrected chi connectivity index (χ0v) is 11.1. The van der Waals surface area contributed by atoms with E-state index in [0.717, 1.165) is 17.7 Å². The molecule has 0 radical (unpaired) electrons. The van der Waals surface area contributed by atoms with Gasteiger partial charge < -0.3 is 10.5 Å². The predicted octanol–water partition coefficient (Wildman–Crippen LogP) is 4.41. The minimum Gasteiger partial charge on any atom is -0.406 e. The lowest BCUT2D eigenvalue weighted by Crippen LogP contribution is -2.16. The fraction of sp³-hybridized carbons (Fsp3) is 0.200. The van der Waals surface area contributed by atoms with Gasteiger partial charge in [0.15, 0.2) is 0 Å². The maximum atomic E-state index is 13.8. The van der Waals surface area contributed by atoms with Gasteiger partial charge in [0.25, 0.3) is 0 Å². The van der Waals surface area contributed by atoms with Crippen LogP contribution in [-0.2, 0) is 0 Å². The van der Waals surface area contributed by atoms with E-state index < -0.39 is 12.2 Å². The SMILES string of the molecule is CC(N)c1ccc(F)c(-c2ccc(OC(F)(F)F)cc2)c1. The molecule has 1 atom stereocenters. The fourth-order valence-electron chi connectivity index (χ4n) is 1.88. The van der Waals surface area contributed by atoms with Crippen molar-refractivity contribution in [2.45, 2.75) is 19.3 Å². The number of halogens is 4. The van der Waals surface area contributed by atoms with Crippen molar-refractivity contribution in [3.05, 3.63) is 53.8 Å². The van der Waals surface area contributed by atoms with Gasteiger partial charge in [0, 0.05) is 11.6 Å². The van der Waals surface area contributed by atoms with E-state index in [9.17, 15) is 17.6 Å². The number of ether oxygens (including phenoxy) is 1.